The van der Waals surface area contributed by atoms with Crippen molar-refractivity contribution in [2.75, 3.05) is 7.05 Å². The molecule has 1 aromatic heterocycles. The van der Waals surface area contributed by atoms with Gasteiger partial charge in [-0.25, -0.2) is 4.98 Å². The first kappa shape index (κ1) is 12.4. The maximum absolute atomic E-state index is 11.5. The van der Waals surface area contributed by atoms with Gasteiger partial charge in [0.1, 0.15) is 0 Å². The van der Waals surface area contributed by atoms with Crippen molar-refractivity contribution in [2.45, 2.75) is 35.1 Å². The Bertz CT molecular complexity index is 398. The van der Waals surface area contributed by atoms with Crippen LogP contribution >= 0.6 is 11.8 Å². The van der Waals surface area contributed by atoms with Gasteiger partial charge in [-0.1, -0.05) is 6.07 Å². The molecule has 1 aromatic rings. The van der Waals surface area contributed by atoms with E-state index in [1.165, 1.54) is 0 Å². The summed E-state index contributed by atoms with van der Waals surface area (Å²) in [5, 5.41) is 4.50. The number of rotatable bonds is 4. The van der Waals surface area contributed by atoms with Crippen molar-refractivity contribution in [2.24, 2.45) is 5.73 Å². The van der Waals surface area contributed by atoms with Gasteiger partial charge in [-0.05, 0) is 38.4 Å². The summed E-state index contributed by atoms with van der Waals surface area (Å²) < 4.78 is 0. The van der Waals surface area contributed by atoms with Crippen LogP contribution in [0.2, 0.25) is 0 Å². The van der Waals surface area contributed by atoms with Crippen molar-refractivity contribution in [3.8, 4) is 0 Å². The lowest BCUT2D eigenvalue weighted by atomic mass is 9.97. The number of carbonyl (C=O) groups is 1. The van der Waals surface area contributed by atoms with Crippen LogP contribution < -0.4 is 11.1 Å². The zero-order valence-electron chi connectivity index (χ0n) is 9.85. The number of nitrogens with one attached hydrogen (secondary N) is 1. The zero-order chi connectivity index (χ0) is 12.3. The predicted octanol–water partition coefficient (Wildman–Crippen LogP) is 1.17. The summed E-state index contributed by atoms with van der Waals surface area (Å²) in [6, 6.07) is 5.87. The van der Waals surface area contributed by atoms with Crippen LogP contribution in [-0.4, -0.2) is 28.7 Å². The summed E-state index contributed by atoms with van der Waals surface area (Å²) in [7, 11) is 1.80. The second-order valence-electron chi connectivity index (χ2n) is 4.35. The predicted molar refractivity (Wildman–Crippen MR) is 68.7 cm³/mol. The van der Waals surface area contributed by atoms with E-state index in [-0.39, 0.29) is 5.91 Å². The number of thioether (sulfide) groups is 1. The van der Waals surface area contributed by atoms with Crippen molar-refractivity contribution in [1.29, 1.82) is 0 Å². The molecule has 0 bridgehead atoms. The van der Waals surface area contributed by atoms with Gasteiger partial charge >= 0.3 is 0 Å². The van der Waals surface area contributed by atoms with Crippen molar-refractivity contribution in [1.82, 2.24) is 10.3 Å². The highest BCUT2D eigenvalue weighted by Crippen LogP contribution is 2.39. The lowest BCUT2D eigenvalue weighted by Crippen LogP contribution is -2.52. The molecule has 17 heavy (non-hydrogen) atoms. The van der Waals surface area contributed by atoms with Crippen LogP contribution in [0.4, 0.5) is 0 Å². The van der Waals surface area contributed by atoms with E-state index in [2.05, 4.69) is 10.3 Å². The molecule has 2 rings (SSSR count). The molecule has 1 aliphatic rings. The van der Waals surface area contributed by atoms with Crippen LogP contribution in [0.15, 0.2) is 29.4 Å². The molecule has 1 aliphatic carbocycles. The zero-order valence-corrected chi connectivity index (χ0v) is 10.7. The van der Waals surface area contributed by atoms with E-state index in [1.807, 2.05) is 18.2 Å². The van der Waals surface area contributed by atoms with E-state index >= 15 is 0 Å². The maximum Gasteiger partial charge on any atom is 0.237 e. The van der Waals surface area contributed by atoms with E-state index in [0.717, 1.165) is 24.3 Å². The van der Waals surface area contributed by atoms with Gasteiger partial charge in [-0.15, -0.1) is 11.8 Å². The summed E-state index contributed by atoms with van der Waals surface area (Å²) in [6.07, 6.45) is 4.37. The Morgan fingerprint density at radius 3 is 3.00 bits per heavy atom. The molecule has 0 aliphatic heterocycles. The molecule has 0 radical (unpaired) electrons. The molecule has 2 unspecified atom stereocenters. The topological polar surface area (TPSA) is 68.0 Å². The van der Waals surface area contributed by atoms with Crippen molar-refractivity contribution in [3.63, 3.8) is 0 Å². The van der Waals surface area contributed by atoms with Crippen LogP contribution in [0.25, 0.3) is 0 Å². The first-order valence-corrected chi connectivity index (χ1v) is 6.61. The smallest absolute Gasteiger partial charge is 0.237 e. The van der Waals surface area contributed by atoms with Gasteiger partial charge in [0.15, 0.2) is 0 Å². The Hall–Kier alpha value is -1.07. The first-order chi connectivity index (χ1) is 8.16. The Morgan fingerprint density at radius 1 is 1.65 bits per heavy atom. The van der Waals surface area contributed by atoms with E-state index in [0.29, 0.717) is 5.25 Å². The minimum absolute atomic E-state index is 0.246. The molecule has 1 amide bonds. The number of nitrogens with two attached hydrogens (primary N) is 1. The minimum Gasteiger partial charge on any atom is -0.368 e. The number of pyridine rings is 1. The maximum atomic E-state index is 11.5. The lowest BCUT2D eigenvalue weighted by Gasteiger charge is -2.24. The molecule has 0 aromatic carbocycles. The molecule has 1 heterocycles. The first-order valence-electron chi connectivity index (χ1n) is 5.73. The Kier molecular flexibility index (Phi) is 3.69. The third kappa shape index (κ3) is 2.61. The second-order valence-corrected chi connectivity index (χ2v) is 5.67. The molecular formula is C12H17N3OS. The molecule has 92 valence electrons. The molecule has 4 nitrogen and oxygen atoms in total. The highest BCUT2D eigenvalue weighted by Gasteiger charge is 2.43. The third-order valence-electron chi connectivity index (χ3n) is 3.34. The summed E-state index contributed by atoms with van der Waals surface area (Å²) in [5.41, 5.74) is 4.95. The molecule has 5 heteroatoms. The molecule has 2 atom stereocenters. The fraction of sp³-hybridized carbons (Fsp3) is 0.500. The average molecular weight is 251 g/mol. The third-order valence-corrected chi connectivity index (χ3v) is 4.56. The van der Waals surface area contributed by atoms with Crippen molar-refractivity contribution < 1.29 is 4.79 Å². The molecule has 1 fully saturated rings. The number of carbonyl (C=O) groups excluding carboxylic acids is 1. The molecule has 0 saturated heterocycles. The van der Waals surface area contributed by atoms with Crippen LogP contribution in [0, 0.1) is 0 Å². The standard InChI is InChI=1S/C12H17N3OS/c1-14-12(11(13)16)6-5-9(8-12)17-10-4-2-3-7-15-10/h2-4,7,9,14H,5-6,8H2,1H3,(H2,13,16). The summed E-state index contributed by atoms with van der Waals surface area (Å²) in [5.74, 6) is -0.246. The lowest BCUT2D eigenvalue weighted by molar-refractivity contribution is -0.124. The highest BCUT2D eigenvalue weighted by atomic mass is 32.2. The largest absolute Gasteiger partial charge is 0.368 e. The van der Waals surface area contributed by atoms with E-state index < -0.39 is 5.54 Å². The number of primary amides is 1. The van der Waals surface area contributed by atoms with Gasteiger partial charge in [-0.3, -0.25) is 4.79 Å². The Balaban J connectivity index is 2.01. The van der Waals surface area contributed by atoms with Crippen molar-refractivity contribution in [3.05, 3.63) is 24.4 Å². The molecule has 0 spiro atoms. The fourth-order valence-electron chi connectivity index (χ4n) is 2.26. The Labute approximate surface area is 105 Å². The van der Waals surface area contributed by atoms with Gasteiger partial charge in [0, 0.05) is 11.4 Å². The summed E-state index contributed by atoms with van der Waals surface area (Å²) >= 11 is 1.73. The summed E-state index contributed by atoms with van der Waals surface area (Å²) in [6.45, 7) is 0. The number of amides is 1. The van der Waals surface area contributed by atoms with E-state index in [4.69, 9.17) is 5.73 Å². The van der Waals surface area contributed by atoms with Crippen LogP contribution in [0.5, 0.6) is 0 Å². The van der Waals surface area contributed by atoms with E-state index in [1.54, 1.807) is 25.0 Å². The fourth-order valence-corrected chi connectivity index (χ4v) is 3.49. The molecule has 1 saturated carbocycles. The SMILES string of the molecule is CNC1(C(N)=O)CCC(Sc2ccccn2)C1. The number of aromatic nitrogens is 1. The minimum atomic E-state index is -0.521. The van der Waals surface area contributed by atoms with E-state index in [9.17, 15) is 4.79 Å². The highest BCUT2D eigenvalue weighted by molar-refractivity contribution is 7.99. The Morgan fingerprint density at radius 2 is 2.47 bits per heavy atom. The van der Waals surface area contributed by atoms with Gasteiger partial charge in [0.25, 0.3) is 0 Å². The van der Waals surface area contributed by atoms with Gasteiger partial charge in [0.05, 0.1) is 10.6 Å². The number of hydrogen-bond acceptors (Lipinski definition) is 4. The van der Waals surface area contributed by atoms with Gasteiger partial charge in [-0.2, -0.15) is 0 Å². The van der Waals surface area contributed by atoms with Crippen LogP contribution in [0.3, 0.4) is 0 Å². The van der Waals surface area contributed by atoms with Gasteiger partial charge in [0.2, 0.25) is 5.91 Å². The van der Waals surface area contributed by atoms with Gasteiger partial charge < -0.3 is 11.1 Å². The average Bonchev–Trinajstić information content (AvgIpc) is 2.75. The summed E-state index contributed by atoms with van der Waals surface area (Å²) in [4.78, 5) is 15.8. The quantitative estimate of drug-likeness (QED) is 0.843. The number of hydrogen-bond donors (Lipinski definition) is 2. The van der Waals surface area contributed by atoms with Crippen LogP contribution in [-0.2, 0) is 4.79 Å². The second kappa shape index (κ2) is 5.06. The number of likely N-dealkylation sites (N-methyl/N-ethyl adjacent to an activating group) is 1. The normalized spacial score (nSPS) is 28.2. The van der Waals surface area contributed by atoms with Crippen LogP contribution in [0.1, 0.15) is 19.3 Å². The molecule has 3 N–H and O–H groups in total. The van der Waals surface area contributed by atoms with Crippen molar-refractivity contribution >= 4 is 17.7 Å². The monoisotopic (exact) mass is 251 g/mol. The molecular weight excluding hydrogens is 234 g/mol. The number of nitrogens with zero attached hydrogens (tertiary/aromatic N) is 1.